The summed E-state index contributed by atoms with van der Waals surface area (Å²) in [7, 11) is 1.30. The van der Waals surface area contributed by atoms with Gasteiger partial charge >= 0.3 is 17.9 Å². The molecule has 0 saturated heterocycles. The van der Waals surface area contributed by atoms with Crippen molar-refractivity contribution >= 4 is 23.7 Å². The van der Waals surface area contributed by atoms with E-state index < -0.39 is 23.7 Å². The lowest BCUT2D eigenvalue weighted by atomic mass is 10.2. The molecule has 0 aromatic heterocycles. The van der Waals surface area contributed by atoms with Crippen LogP contribution in [0.25, 0.3) is 0 Å². The monoisotopic (exact) mass is 526 g/mol. The largest absolute Gasteiger partial charge is 0.476 e. The zero-order valence-corrected chi connectivity index (χ0v) is 20.8. The maximum absolute atomic E-state index is 11.3. The summed E-state index contributed by atoms with van der Waals surface area (Å²) in [4.78, 5) is 43.3. The Morgan fingerprint density at radius 2 is 0.861 bits per heavy atom. The SMILES string of the molecule is COC(=O)COCCOCCOCCOCCOCCOCCOCCOC(=O)CCC(=O)C(=O)O. The molecule has 14 nitrogen and oxygen atoms in total. The highest BCUT2D eigenvalue weighted by molar-refractivity contribution is 6.32. The number of methoxy groups -OCH3 is 1. The second-order valence-corrected chi connectivity index (χ2v) is 6.75. The molecule has 1 N–H and O–H groups in total. The van der Waals surface area contributed by atoms with Crippen molar-refractivity contribution in [3.8, 4) is 0 Å². The van der Waals surface area contributed by atoms with Crippen molar-refractivity contribution in [2.75, 3.05) is 106 Å². The minimum atomic E-state index is -1.57. The van der Waals surface area contributed by atoms with Crippen LogP contribution in [-0.2, 0) is 61.8 Å². The fourth-order valence-electron chi connectivity index (χ4n) is 2.14. The Morgan fingerprint density at radius 3 is 1.22 bits per heavy atom. The van der Waals surface area contributed by atoms with Crippen molar-refractivity contribution in [1.29, 1.82) is 0 Å². The maximum atomic E-state index is 11.3. The Morgan fingerprint density at radius 1 is 0.500 bits per heavy atom. The van der Waals surface area contributed by atoms with E-state index in [0.717, 1.165) is 0 Å². The summed E-state index contributed by atoms with van der Waals surface area (Å²) in [5, 5.41) is 8.41. The van der Waals surface area contributed by atoms with Crippen molar-refractivity contribution in [2.24, 2.45) is 0 Å². The molecule has 0 aliphatic heterocycles. The highest BCUT2D eigenvalue weighted by atomic mass is 16.6. The van der Waals surface area contributed by atoms with Gasteiger partial charge in [0.05, 0.1) is 99.4 Å². The van der Waals surface area contributed by atoms with Gasteiger partial charge in [-0.1, -0.05) is 0 Å². The van der Waals surface area contributed by atoms with Gasteiger partial charge in [0, 0.05) is 6.42 Å². The van der Waals surface area contributed by atoms with Crippen molar-refractivity contribution in [2.45, 2.75) is 12.8 Å². The van der Waals surface area contributed by atoms with Gasteiger partial charge in [0.2, 0.25) is 5.78 Å². The van der Waals surface area contributed by atoms with Gasteiger partial charge in [-0.3, -0.25) is 9.59 Å². The first-order chi connectivity index (χ1) is 17.5. The summed E-state index contributed by atoms with van der Waals surface area (Å²) >= 11 is 0. The van der Waals surface area contributed by atoms with Gasteiger partial charge in [-0.15, -0.1) is 0 Å². The molecular formula is C22H38O14. The van der Waals surface area contributed by atoms with Crippen molar-refractivity contribution in [3.63, 3.8) is 0 Å². The topological polar surface area (TPSA) is 172 Å². The number of rotatable bonds is 27. The Kier molecular flexibility index (Phi) is 24.3. The lowest BCUT2D eigenvalue weighted by Gasteiger charge is -2.08. The van der Waals surface area contributed by atoms with Crippen LogP contribution in [0.3, 0.4) is 0 Å². The summed E-state index contributed by atoms with van der Waals surface area (Å²) < 4.78 is 46.2. The van der Waals surface area contributed by atoms with Crippen LogP contribution in [0.1, 0.15) is 12.8 Å². The fourth-order valence-corrected chi connectivity index (χ4v) is 2.14. The highest BCUT2D eigenvalue weighted by Gasteiger charge is 2.14. The quantitative estimate of drug-likeness (QED) is 0.0805. The normalized spacial score (nSPS) is 10.8. The third-order valence-corrected chi connectivity index (χ3v) is 3.97. The van der Waals surface area contributed by atoms with E-state index in [0.29, 0.717) is 79.3 Å². The van der Waals surface area contributed by atoms with E-state index in [2.05, 4.69) is 4.74 Å². The summed E-state index contributed by atoms with van der Waals surface area (Å²) in [6.07, 6.45) is -0.663. The lowest BCUT2D eigenvalue weighted by Crippen LogP contribution is -2.17. The minimum absolute atomic E-state index is 0.0111. The summed E-state index contributed by atoms with van der Waals surface area (Å²) in [6, 6.07) is 0. The van der Waals surface area contributed by atoms with Gasteiger partial charge in [-0.25, -0.2) is 9.59 Å². The number of hydrogen-bond acceptors (Lipinski definition) is 13. The van der Waals surface area contributed by atoms with E-state index in [1.54, 1.807) is 0 Å². The molecule has 0 saturated carbocycles. The van der Waals surface area contributed by atoms with E-state index in [9.17, 15) is 19.2 Å². The Hall–Kier alpha value is -2.20. The molecule has 0 amide bonds. The standard InChI is InChI=1S/C22H38O14/c1-28-21(25)18-35-15-14-33-11-10-31-7-6-29-4-5-30-8-9-32-12-13-34-16-17-36-20(24)3-2-19(23)22(26)27/h2-18H2,1H3,(H,26,27). The smallest absolute Gasteiger partial charge is 0.372 e. The molecule has 0 bridgehead atoms. The molecule has 0 heterocycles. The molecule has 14 heteroatoms. The van der Waals surface area contributed by atoms with Crippen LogP contribution in [0.15, 0.2) is 0 Å². The molecule has 0 aliphatic carbocycles. The lowest BCUT2D eigenvalue weighted by molar-refractivity contribution is -0.151. The number of carboxylic acid groups (broad SMARTS) is 1. The van der Waals surface area contributed by atoms with Crippen LogP contribution in [0.5, 0.6) is 0 Å². The number of carbonyl (C=O) groups excluding carboxylic acids is 3. The average Bonchev–Trinajstić information content (AvgIpc) is 2.87. The van der Waals surface area contributed by atoms with Gasteiger partial charge in [-0.05, 0) is 0 Å². The second-order valence-electron chi connectivity index (χ2n) is 6.75. The van der Waals surface area contributed by atoms with Crippen LogP contribution in [-0.4, -0.2) is 135 Å². The molecule has 36 heavy (non-hydrogen) atoms. The predicted octanol–water partition coefficient (Wildman–Crippen LogP) is -0.747. The Balaban J connectivity index is 3.16. The number of ketones is 1. The molecule has 0 aromatic carbocycles. The number of carboxylic acids is 1. The van der Waals surface area contributed by atoms with E-state index in [1.807, 2.05) is 0 Å². The van der Waals surface area contributed by atoms with Gasteiger partial charge in [0.1, 0.15) is 13.2 Å². The number of Topliss-reactive ketones (excluding diaryl/α,β-unsaturated/α-hetero) is 1. The van der Waals surface area contributed by atoms with Crippen LogP contribution >= 0.6 is 0 Å². The van der Waals surface area contributed by atoms with Gasteiger partial charge in [0.25, 0.3) is 0 Å². The molecule has 0 radical (unpaired) electrons. The number of carbonyl (C=O) groups is 4. The molecular weight excluding hydrogens is 488 g/mol. The van der Waals surface area contributed by atoms with Crippen molar-refractivity contribution < 1.29 is 66.9 Å². The first kappa shape index (κ1) is 33.8. The van der Waals surface area contributed by atoms with Crippen molar-refractivity contribution in [3.05, 3.63) is 0 Å². The van der Waals surface area contributed by atoms with Crippen LogP contribution < -0.4 is 0 Å². The number of aliphatic carboxylic acids is 1. The first-order valence-corrected chi connectivity index (χ1v) is 11.5. The molecule has 0 unspecified atom stereocenters. The molecule has 0 aliphatic rings. The summed E-state index contributed by atoms with van der Waals surface area (Å²) in [6.45, 7) is 4.82. The third kappa shape index (κ3) is 24.9. The van der Waals surface area contributed by atoms with Gasteiger partial charge < -0.3 is 47.7 Å². The molecule has 0 aromatic rings. The van der Waals surface area contributed by atoms with E-state index in [-0.39, 0.29) is 32.7 Å². The highest BCUT2D eigenvalue weighted by Crippen LogP contribution is 1.95. The Labute approximate surface area is 210 Å². The minimum Gasteiger partial charge on any atom is -0.476 e. The van der Waals surface area contributed by atoms with E-state index >= 15 is 0 Å². The van der Waals surface area contributed by atoms with Gasteiger partial charge in [-0.2, -0.15) is 0 Å². The second kappa shape index (κ2) is 25.9. The summed E-state index contributed by atoms with van der Waals surface area (Å²) in [5.41, 5.74) is 0. The number of ether oxygens (including phenoxy) is 9. The Bertz CT molecular complexity index is 583. The maximum Gasteiger partial charge on any atom is 0.372 e. The van der Waals surface area contributed by atoms with Crippen LogP contribution in [0, 0.1) is 0 Å². The third-order valence-electron chi connectivity index (χ3n) is 3.97. The average molecular weight is 527 g/mol. The van der Waals surface area contributed by atoms with Crippen LogP contribution in [0.2, 0.25) is 0 Å². The molecule has 0 rings (SSSR count). The molecule has 0 atom stereocenters. The van der Waals surface area contributed by atoms with Gasteiger partial charge in [0.15, 0.2) is 0 Å². The number of hydrogen-bond donors (Lipinski definition) is 1. The van der Waals surface area contributed by atoms with Crippen LogP contribution in [0.4, 0.5) is 0 Å². The predicted molar refractivity (Wildman–Crippen MR) is 121 cm³/mol. The zero-order valence-electron chi connectivity index (χ0n) is 20.8. The fraction of sp³-hybridized carbons (Fsp3) is 0.818. The van der Waals surface area contributed by atoms with Crippen molar-refractivity contribution in [1.82, 2.24) is 0 Å². The molecule has 210 valence electrons. The van der Waals surface area contributed by atoms with E-state index in [4.69, 9.17) is 43.0 Å². The number of esters is 2. The van der Waals surface area contributed by atoms with E-state index in [1.165, 1.54) is 7.11 Å². The molecule has 0 fully saturated rings. The first-order valence-electron chi connectivity index (χ1n) is 11.5. The zero-order chi connectivity index (χ0) is 26.7. The summed E-state index contributed by atoms with van der Waals surface area (Å²) in [5.74, 6) is -3.67. The molecule has 0 spiro atoms.